The van der Waals surface area contributed by atoms with E-state index in [0.717, 1.165) is 12.8 Å². The molecule has 0 saturated heterocycles. The Morgan fingerprint density at radius 1 is 1.16 bits per heavy atom. The van der Waals surface area contributed by atoms with Crippen LogP contribution in [-0.4, -0.2) is 17.5 Å². The normalized spacial score (nSPS) is 24.1. The van der Waals surface area contributed by atoms with Gasteiger partial charge in [-0.1, -0.05) is 30.3 Å². The van der Waals surface area contributed by atoms with E-state index in [1.165, 1.54) is 18.4 Å². The fraction of sp³-hybridized carbons (Fsp3) is 0.562. The lowest BCUT2D eigenvalue weighted by Crippen LogP contribution is -2.55. The summed E-state index contributed by atoms with van der Waals surface area (Å²) < 4.78 is 0. The highest BCUT2D eigenvalue weighted by Crippen LogP contribution is 2.33. The Kier molecular flexibility index (Phi) is 4.25. The molecule has 0 spiro atoms. The minimum Gasteiger partial charge on any atom is -0.368 e. The largest absolute Gasteiger partial charge is 0.368 e. The van der Waals surface area contributed by atoms with Crippen molar-refractivity contribution in [3.05, 3.63) is 35.9 Å². The van der Waals surface area contributed by atoms with Crippen LogP contribution in [0.4, 0.5) is 0 Å². The maximum absolute atomic E-state index is 11.3. The van der Waals surface area contributed by atoms with E-state index in [-0.39, 0.29) is 5.91 Å². The first-order valence-electron chi connectivity index (χ1n) is 7.11. The molecule has 1 fully saturated rings. The third kappa shape index (κ3) is 3.57. The fourth-order valence-corrected chi connectivity index (χ4v) is 2.88. The Morgan fingerprint density at radius 2 is 1.74 bits per heavy atom. The molecule has 1 aromatic carbocycles. The first-order chi connectivity index (χ1) is 8.99. The van der Waals surface area contributed by atoms with Crippen LogP contribution in [0.15, 0.2) is 30.3 Å². The molecule has 1 aromatic rings. The molecule has 3 nitrogen and oxygen atoms in total. The maximum Gasteiger partial charge on any atom is 0.237 e. The van der Waals surface area contributed by atoms with Crippen molar-refractivity contribution in [2.45, 2.75) is 57.0 Å². The molecule has 0 aliphatic heterocycles. The van der Waals surface area contributed by atoms with Gasteiger partial charge in [0.15, 0.2) is 0 Å². The van der Waals surface area contributed by atoms with Crippen LogP contribution < -0.4 is 11.1 Å². The van der Waals surface area contributed by atoms with Gasteiger partial charge in [0, 0.05) is 6.04 Å². The molecule has 1 aliphatic rings. The van der Waals surface area contributed by atoms with Crippen molar-refractivity contribution in [2.24, 2.45) is 5.73 Å². The van der Waals surface area contributed by atoms with Crippen molar-refractivity contribution >= 4 is 5.91 Å². The van der Waals surface area contributed by atoms with Gasteiger partial charge < -0.3 is 11.1 Å². The van der Waals surface area contributed by atoms with Crippen molar-refractivity contribution in [1.29, 1.82) is 0 Å². The highest BCUT2D eigenvalue weighted by Gasteiger charge is 2.30. The average molecular weight is 260 g/mol. The zero-order chi connectivity index (χ0) is 13.9. The Morgan fingerprint density at radius 3 is 2.26 bits per heavy atom. The molecule has 1 amide bonds. The molecule has 0 radical (unpaired) electrons. The summed E-state index contributed by atoms with van der Waals surface area (Å²) in [5.74, 6) is 0.383. The molecule has 0 aromatic heterocycles. The number of primary amides is 1. The number of rotatable bonds is 4. The van der Waals surface area contributed by atoms with Gasteiger partial charge in [-0.3, -0.25) is 4.79 Å². The van der Waals surface area contributed by atoms with E-state index in [9.17, 15) is 4.79 Å². The highest BCUT2D eigenvalue weighted by molar-refractivity contribution is 5.83. The summed E-state index contributed by atoms with van der Waals surface area (Å²) in [6.07, 6.45) is 4.57. The van der Waals surface area contributed by atoms with E-state index in [2.05, 4.69) is 35.6 Å². The van der Waals surface area contributed by atoms with Gasteiger partial charge in [0.05, 0.1) is 5.54 Å². The molecule has 0 atom stereocenters. The molecular formula is C16H24N2O. The lowest BCUT2D eigenvalue weighted by molar-refractivity contribution is -0.123. The zero-order valence-electron chi connectivity index (χ0n) is 11.9. The monoisotopic (exact) mass is 260 g/mol. The Balaban J connectivity index is 1.88. The standard InChI is InChI=1S/C16H24N2O/c1-16(2,15(17)19)18-14-10-8-13(9-11-14)12-6-4-3-5-7-12/h3-7,13-14,18H,8-11H2,1-2H3,(H2,17,19). The van der Waals surface area contributed by atoms with Crippen LogP contribution >= 0.6 is 0 Å². The first-order valence-corrected chi connectivity index (χ1v) is 7.11. The topological polar surface area (TPSA) is 55.1 Å². The molecule has 19 heavy (non-hydrogen) atoms. The van der Waals surface area contributed by atoms with Gasteiger partial charge in [0.2, 0.25) is 5.91 Å². The van der Waals surface area contributed by atoms with Crippen LogP contribution in [0.5, 0.6) is 0 Å². The number of benzene rings is 1. The summed E-state index contributed by atoms with van der Waals surface area (Å²) in [7, 11) is 0. The van der Waals surface area contributed by atoms with E-state index in [1.54, 1.807) is 0 Å². The lowest BCUT2D eigenvalue weighted by atomic mass is 9.81. The summed E-state index contributed by atoms with van der Waals surface area (Å²) in [5.41, 5.74) is 6.24. The van der Waals surface area contributed by atoms with E-state index in [0.29, 0.717) is 12.0 Å². The van der Waals surface area contributed by atoms with Gasteiger partial charge in [-0.2, -0.15) is 0 Å². The van der Waals surface area contributed by atoms with Gasteiger partial charge in [0.25, 0.3) is 0 Å². The van der Waals surface area contributed by atoms with Crippen LogP contribution in [0.1, 0.15) is 51.0 Å². The second-order valence-electron chi connectivity index (χ2n) is 6.09. The SMILES string of the molecule is CC(C)(NC1CCC(c2ccccc2)CC1)C(N)=O. The molecule has 3 N–H and O–H groups in total. The first kappa shape index (κ1) is 14.1. The van der Waals surface area contributed by atoms with Crippen molar-refractivity contribution in [3.63, 3.8) is 0 Å². The fourth-order valence-electron chi connectivity index (χ4n) is 2.88. The summed E-state index contributed by atoms with van der Waals surface area (Å²) >= 11 is 0. The van der Waals surface area contributed by atoms with Crippen molar-refractivity contribution in [3.8, 4) is 0 Å². The van der Waals surface area contributed by atoms with Crippen molar-refractivity contribution in [1.82, 2.24) is 5.32 Å². The number of hydrogen-bond donors (Lipinski definition) is 2. The van der Waals surface area contributed by atoms with Gasteiger partial charge in [-0.15, -0.1) is 0 Å². The minimum atomic E-state index is -0.607. The lowest BCUT2D eigenvalue weighted by Gasteiger charge is -2.34. The van der Waals surface area contributed by atoms with Gasteiger partial charge in [-0.25, -0.2) is 0 Å². The predicted octanol–water partition coefficient (Wildman–Crippen LogP) is 2.57. The van der Waals surface area contributed by atoms with Crippen LogP contribution in [0.2, 0.25) is 0 Å². The quantitative estimate of drug-likeness (QED) is 0.874. The van der Waals surface area contributed by atoms with Crippen LogP contribution in [0.25, 0.3) is 0 Å². The summed E-state index contributed by atoms with van der Waals surface area (Å²) in [4.78, 5) is 11.3. The van der Waals surface area contributed by atoms with Crippen molar-refractivity contribution < 1.29 is 4.79 Å². The number of nitrogens with one attached hydrogen (secondary N) is 1. The third-order valence-electron chi connectivity index (χ3n) is 4.18. The average Bonchev–Trinajstić information content (AvgIpc) is 2.40. The summed E-state index contributed by atoms with van der Waals surface area (Å²) in [6.45, 7) is 3.72. The van der Waals surface area contributed by atoms with Crippen molar-refractivity contribution in [2.75, 3.05) is 0 Å². The zero-order valence-corrected chi connectivity index (χ0v) is 11.9. The van der Waals surface area contributed by atoms with Crippen LogP contribution in [-0.2, 0) is 4.79 Å². The molecule has 1 saturated carbocycles. The number of hydrogen-bond acceptors (Lipinski definition) is 2. The van der Waals surface area contributed by atoms with E-state index >= 15 is 0 Å². The predicted molar refractivity (Wildman–Crippen MR) is 77.8 cm³/mol. The number of carbonyl (C=O) groups excluding carboxylic acids is 1. The third-order valence-corrected chi connectivity index (χ3v) is 4.18. The van der Waals surface area contributed by atoms with Crippen LogP contribution in [0, 0.1) is 0 Å². The molecule has 1 aliphatic carbocycles. The molecule has 0 unspecified atom stereocenters. The van der Waals surface area contributed by atoms with E-state index in [1.807, 2.05) is 13.8 Å². The van der Waals surface area contributed by atoms with Crippen LogP contribution in [0.3, 0.4) is 0 Å². The second-order valence-corrected chi connectivity index (χ2v) is 6.09. The summed E-state index contributed by atoms with van der Waals surface area (Å²) in [6, 6.07) is 11.1. The number of carbonyl (C=O) groups is 1. The molecule has 2 rings (SSSR count). The Bertz CT molecular complexity index is 420. The molecule has 3 heteroatoms. The Hall–Kier alpha value is -1.35. The number of nitrogens with two attached hydrogens (primary N) is 1. The van der Waals surface area contributed by atoms with Gasteiger partial charge in [-0.05, 0) is 51.0 Å². The van der Waals surface area contributed by atoms with E-state index < -0.39 is 5.54 Å². The smallest absolute Gasteiger partial charge is 0.237 e. The molecule has 104 valence electrons. The maximum atomic E-state index is 11.3. The Labute approximate surface area is 115 Å². The second kappa shape index (κ2) is 5.74. The minimum absolute atomic E-state index is 0.280. The molecular weight excluding hydrogens is 236 g/mol. The molecule has 0 bridgehead atoms. The summed E-state index contributed by atoms with van der Waals surface area (Å²) in [5, 5.41) is 3.39. The highest BCUT2D eigenvalue weighted by atomic mass is 16.1. The van der Waals surface area contributed by atoms with E-state index in [4.69, 9.17) is 5.73 Å². The molecule has 0 heterocycles. The number of amides is 1. The van der Waals surface area contributed by atoms with Gasteiger partial charge in [0.1, 0.15) is 0 Å². The van der Waals surface area contributed by atoms with Gasteiger partial charge >= 0.3 is 0 Å².